The number of hydrogen-bond donors (Lipinski definition) is 3. The normalized spacial score (nSPS) is 10.3. The van der Waals surface area contributed by atoms with Crippen LogP contribution in [0.3, 0.4) is 0 Å². The Kier molecular flexibility index (Phi) is 3.39. The van der Waals surface area contributed by atoms with Crippen molar-refractivity contribution in [2.75, 3.05) is 16.8 Å². The molecule has 3 rings (SSSR count). The number of para-hydroxylation sites is 1. The first-order chi connectivity index (χ1) is 10.2. The zero-order valence-corrected chi connectivity index (χ0v) is 11.3. The van der Waals surface area contributed by atoms with Gasteiger partial charge in [-0.2, -0.15) is 0 Å². The van der Waals surface area contributed by atoms with Gasteiger partial charge in [-0.05, 0) is 36.4 Å². The Hall–Kier alpha value is -3.08. The predicted molar refractivity (Wildman–Crippen MR) is 86.0 cm³/mol. The molecule has 0 bridgehead atoms. The maximum atomic E-state index is 5.95. The van der Waals surface area contributed by atoms with Gasteiger partial charge in [-0.3, -0.25) is 0 Å². The summed E-state index contributed by atoms with van der Waals surface area (Å²) in [7, 11) is 0. The van der Waals surface area contributed by atoms with Gasteiger partial charge in [-0.15, -0.1) is 0 Å². The lowest BCUT2D eigenvalue weighted by Gasteiger charge is -2.09. The minimum Gasteiger partial charge on any atom is -0.397 e. The minimum absolute atomic E-state index is 0.419. The maximum absolute atomic E-state index is 5.95. The first-order valence-electron chi connectivity index (χ1n) is 6.54. The summed E-state index contributed by atoms with van der Waals surface area (Å²) in [6.45, 7) is 0. The Morgan fingerprint density at radius 3 is 2.38 bits per heavy atom. The highest BCUT2D eigenvalue weighted by Crippen LogP contribution is 2.24. The van der Waals surface area contributed by atoms with E-state index >= 15 is 0 Å². The van der Waals surface area contributed by atoms with Crippen molar-refractivity contribution in [3.8, 4) is 11.4 Å². The molecule has 0 radical (unpaired) electrons. The molecule has 3 aromatic rings. The van der Waals surface area contributed by atoms with Crippen LogP contribution in [0.2, 0.25) is 0 Å². The average Bonchev–Trinajstić information content (AvgIpc) is 2.51. The molecule has 0 amide bonds. The second-order valence-corrected chi connectivity index (χ2v) is 4.57. The van der Waals surface area contributed by atoms with Gasteiger partial charge in [0.1, 0.15) is 17.3 Å². The van der Waals surface area contributed by atoms with Crippen LogP contribution >= 0.6 is 0 Å². The van der Waals surface area contributed by atoms with Crippen molar-refractivity contribution in [2.45, 2.75) is 0 Å². The fourth-order valence-electron chi connectivity index (χ4n) is 2.00. The van der Waals surface area contributed by atoms with Gasteiger partial charge in [0.05, 0.1) is 11.4 Å². The minimum atomic E-state index is 0.419. The second-order valence-electron chi connectivity index (χ2n) is 4.57. The molecule has 0 aliphatic carbocycles. The van der Waals surface area contributed by atoms with Gasteiger partial charge >= 0.3 is 0 Å². The quantitative estimate of drug-likeness (QED) is 0.684. The highest BCUT2D eigenvalue weighted by Gasteiger charge is 2.07. The van der Waals surface area contributed by atoms with Crippen molar-refractivity contribution in [3.05, 3.63) is 60.7 Å². The Morgan fingerprint density at radius 1 is 0.762 bits per heavy atom. The van der Waals surface area contributed by atoms with E-state index < -0.39 is 0 Å². The third-order valence-corrected chi connectivity index (χ3v) is 2.99. The molecule has 5 N–H and O–H groups in total. The van der Waals surface area contributed by atoms with Gasteiger partial charge in [0, 0.05) is 5.69 Å². The van der Waals surface area contributed by atoms with Crippen LogP contribution in [0.15, 0.2) is 60.7 Å². The topological polar surface area (TPSA) is 89.8 Å². The molecular formula is C16H15N5. The van der Waals surface area contributed by atoms with E-state index in [-0.39, 0.29) is 0 Å². The number of nitrogens with zero attached hydrogens (tertiary/aromatic N) is 2. The summed E-state index contributed by atoms with van der Waals surface area (Å²) < 4.78 is 0. The van der Waals surface area contributed by atoms with Crippen LogP contribution in [0.5, 0.6) is 0 Å². The highest BCUT2D eigenvalue weighted by atomic mass is 15.0. The summed E-state index contributed by atoms with van der Waals surface area (Å²) in [6, 6.07) is 18.9. The van der Waals surface area contributed by atoms with Crippen LogP contribution < -0.4 is 16.8 Å². The highest BCUT2D eigenvalue weighted by molar-refractivity contribution is 5.72. The average molecular weight is 277 g/mol. The molecule has 104 valence electrons. The predicted octanol–water partition coefficient (Wildman–Crippen LogP) is 3.05. The third kappa shape index (κ3) is 2.92. The Balaban J connectivity index is 1.95. The Morgan fingerprint density at radius 2 is 1.57 bits per heavy atom. The molecule has 1 aromatic carbocycles. The molecule has 21 heavy (non-hydrogen) atoms. The second kappa shape index (κ2) is 5.50. The van der Waals surface area contributed by atoms with E-state index in [1.807, 2.05) is 48.5 Å². The number of nitrogen functional groups attached to an aromatic ring is 2. The van der Waals surface area contributed by atoms with Crippen molar-refractivity contribution in [3.63, 3.8) is 0 Å². The van der Waals surface area contributed by atoms with Crippen molar-refractivity contribution < 1.29 is 0 Å². The number of hydrogen-bond acceptors (Lipinski definition) is 5. The molecule has 0 saturated carbocycles. The SMILES string of the molecule is Nc1ccc(N)c(-c2cccc(Nc3ccccc3)n2)n1. The number of nitrogens with two attached hydrogens (primary N) is 2. The van der Waals surface area contributed by atoms with E-state index in [0.29, 0.717) is 22.9 Å². The van der Waals surface area contributed by atoms with Gasteiger partial charge in [0.2, 0.25) is 0 Å². The lowest BCUT2D eigenvalue weighted by molar-refractivity contribution is 1.25. The number of pyridine rings is 2. The van der Waals surface area contributed by atoms with Crippen LogP contribution in [-0.2, 0) is 0 Å². The number of benzene rings is 1. The molecule has 0 aliphatic heterocycles. The largest absolute Gasteiger partial charge is 0.397 e. The molecule has 0 atom stereocenters. The molecule has 0 unspecified atom stereocenters. The van der Waals surface area contributed by atoms with Crippen LogP contribution in [0, 0.1) is 0 Å². The lowest BCUT2D eigenvalue weighted by Crippen LogP contribution is -2.00. The van der Waals surface area contributed by atoms with E-state index in [2.05, 4.69) is 15.3 Å². The van der Waals surface area contributed by atoms with E-state index in [1.54, 1.807) is 12.1 Å². The zero-order valence-electron chi connectivity index (χ0n) is 11.3. The molecule has 5 nitrogen and oxygen atoms in total. The first-order valence-corrected chi connectivity index (χ1v) is 6.54. The van der Waals surface area contributed by atoms with Gasteiger partial charge < -0.3 is 16.8 Å². The van der Waals surface area contributed by atoms with Crippen molar-refractivity contribution >= 4 is 23.0 Å². The standard InChI is InChI=1S/C16H15N5/c17-12-9-10-14(18)21-16(12)13-7-4-8-15(20-13)19-11-5-2-1-3-6-11/h1-10H,17H2,(H2,18,21)(H,19,20). The van der Waals surface area contributed by atoms with Crippen molar-refractivity contribution in [2.24, 2.45) is 0 Å². The van der Waals surface area contributed by atoms with Crippen molar-refractivity contribution in [1.29, 1.82) is 0 Å². The third-order valence-electron chi connectivity index (χ3n) is 2.99. The molecule has 2 aromatic heterocycles. The fourth-order valence-corrected chi connectivity index (χ4v) is 2.00. The van der Waals surface area contributed by atoms with Crippen LogP contribution in [-0.4, -0.2) is 9.97 Å². The van der Waals surface area contributed by atoms with Crippen LogP contribution in [0.25, 0.3) is 11.4 Å². The number of rotatable bonds is 3. The van der Waals surface area contributed by atoms with Crippen LogP contribution in [0.1, 0.15) is 0 Å². The summed E-state index contributed by atoms with van der Waals surface area (Å²) in [5.41, 5.74) is 14.5. The molecule has 2 heterocycles. The summed E-state index contributed by atoms with van der Waals surface area (Å²) in [6.07, 6.45) is 0. The van der Waals surface area contributed by atoms with E-state index in [4.69, 9.17) is 11.5 Å². The first kappa shape index (κ1) is 12.9. The van der Waals surface area contributed by atoms with E-state index in [0.717, 1.165) is 11.5 Å². The van der Waals surface area contributed by atoms with Gasteiger partial charge in [0.25, 0.3) is 0 Å². The number of aromatic nitrogens is 2. The molecular weight excluding hydrogens is 262 g/mol. The summed E-state index contributed by atoms with van der Waals surface area (Å²) in [5.74, 6) is 1.14. The number of anilines is 4. The smallest absolute Gasteiger partial charge is 0.131 e. The van der Waals surface area contributed by atoms with Crippen LogP contribution in [0.4, 0.5) is 23.0 Å². The maximum Gasteiger partial charge on any atom is 0.131 e. The monoisotopic (exact) mass is 277 g/mol. The molecule has 5 heteroatoms. The summed E-state index contributed by atoms with van der Waals surface area (Å²) >= 11 is 0. The van der Waals surface area contributed by atoms with Crippen molar-refractivity contribution in [1.82, 2.24) is 9.97 Å². The van der Waals surface area contributed by atoms with Gasteiger partial charge in [-0.1, -0.05) is 24.3 Å². The van der Waals surface area contributed by atoms with Gasteiger partial charge in [-0.25, -0.2) is 9.97 Å². The number of nitrogens with one attached hydrogen (secondary N) is 1. The molecule has 0 spiro atoms. The molecule has 0 fully saturated rings. The lowest BCUT2D eigenvalue weighted by atomic mass is 10.2. The van der Waals surface area contributed by atoms with E-state index in [1.165, 1.54) is 0 Å². The van der Waals surface area contributed by atoms with E-state index in [9.17, 15) is 0 Å². The summed E-state index contributed by atoms with van der Waals surface area (Å²) in [4.78, 5) is 8.78. The Bertz CT molecular complexity index is 756. The molecule has 0 aliphatic rings. The summed E-state index contributed by atoms with van der Waals surface area (Å²) in [5, 5.41) is 3.24. The fraction of sp³-hybridized carbons (Fsp3) is 0. The Labute approximate surface area is 122 Å². The zero-order chi connectivity index (χ0) is 14.7. The molecule has 0 saturated heterocycles. The van der Waals surface area contributed by atoms with Gasteiger partial charge in [0.15, 0.2) is 0 Å².